The molecule has 0 fully saturated rings. The Morgan fingerprint density at radius 1 is 0.442 bits per heavy atom. The molecule has 0 bridgehead atoms. The molecule has 0 spiro atoms. The quantitative estimate of drug-likeness (QED) is 0.217. The molecular formula is C40H26N2O. The molecule has 0 aliphatic carbocycles. The Balaban J connectivity index is 1.34. The summed E-state index contributed by atoms with van der Waals surface area (Å²) in [5.41, 5.74) is 8.63. The number of hydrogen-bond donors (Lipinski definition) is 0. The van der Waals surface area contributed by atoms with Crippen LogP contribution in [0.15, 0.2) is 162 Å². The third-order valence-corrected chi connectivity index (χ3v) is 8.54. The van der Waals surface area contributed by atoms with Crippen LogP contribution < -0.4 is 4.90 Å². The van der Waals surface area contributed by atoms with Crippen LogP contribution in [-0.4, -0.2) is 4.57 Å². The summed E-state index contributed by atoms with van der Waals surface area (Å²) in [6.07, 6.45) is 0. The Morgan fingerprint density at radius 3 is 1.88 bits per heavy atom. The van der Waals surface area contributed by atoms with Crippen LogP contribution in [0.1, 0.15) is 0 Å². The maximum absolute atomic E-state index is 6.57. The first kappa shape index (κ1) is 23.9. The second kappa shape index (κ2) is 9.37. The maximum atomic E-state index is 6.57. The molecule has 0 amide bonds. The van der Waals surface area contributed by atoms with Gasteiger partial charge < -0.3 is 13.9 Å². The van der Waals surface area contributed by atoms with Crippen LogP contribution in [0.5, 0.6) is 0 Å². The van der Waals surface area contributed by atoms with Crippen LogP contribution in [0, 0.1) is 0 Å². The highest BCUT2D eigenvalue weighted by molar-refractivity contribution is 6.29. The number of aromatic nitrogens is 1. The summed E-state index contributed by atoms with van der Waals surface area (Å²) in [7, 11) is 0. The first-order chi connectivity index (χ1) is 21.3. The van der Waals surface area contributed by atoms with Crippen LogP contribution in [-0.2, 0) is 0 Å². The standard InChI is InChI=1S/C40H26N2O/c1-3-12-28(13-4-1)41(29-14-5-2-6-15-29)30-16-11-17-31(26-30)42-35-20-9-7-19-34(35)39-36(42)25-23-27-22-24-33-32-18-8-10-21-37(32)43-40(33)38(27)39/h1-26H. The van der Waals surface area contributed by atoms with Crippen molar-refractivity contribution in [3.8, 4) is 5.69 Å². The van der Waals surface area contributed by atoms with E-state index >= 15 is 0 Å². The molecule has 2 heterocycles. The van der Waals surface area contributed by atoms with E-state index in [1.54, 1.807) is 0 Å². The largest absolute Gasteiger partial charge is 0.455 e. The van der Waals surface area contributed by atoms with Crippen molar-refractivity contribution in [3.63, 3.8) is 0 Å². The SMILES string of the molecule is c1ccc(N(c2ccccc2)c2cccc(-n3c4ccccc4c4c5c(ccc6c7ccccc7oc65)ccc43)c2)cc1. The number of para-hydroxylation sites is 4. The predicted molar refractivity (Wildman–Crippen MR) is 180 cm³/mol. The summed E-state index contributed by atoms with van der Waals surface area (Å²) < 4.78 is 8.96. The van der Waals surface area contributed by atoms with Crippen LogP contribution >= 0.6 is 0 Å². The fourth-order valence-corrected chi connectivity index (χ4v) is 6.70. The van der Waals surface area contributed by atoms with E-state index in [9.17, 15) is 0 Å². The molecule has 9 aromatic rings. The zero-order valence-electron chi connectivity index (χ0n) is 23.3. The van der Waals surface area contributed by atoms with Gasteiger partial charge in [-0.2, -0.15) is 0 Å². The van der Waals surface area contributed by atoms with Crippen molar-refractivity contribution in [2.45, 2.75) is 0 Å². The van der Waals surface area contributed by atoms with Crippen molar-refractivity contribution >= 4 is 71.6 Å². The summed E-state index contributed by atoms with van der Waals surface area (Å²) in [5, 5.41) is 7.06. The minimum atomic E-state index is 0.917. The molecular weight excluding hydrogens is 524 g/mol. The van der Waals surface area contributed by atoms with Crippen molar-refractivity contribution in [2.24, 2.45) is 0 Å². The van der Waals surface area contributed by atoms with Crippen molar-refractivity contribution < 1.29 is 4.42 Å². The molecule has 0 aliphatic heterocycles. The monoisotopic (exact) mass is 550 g/mol. The molecule has 7 aromatic carbocycles. The normalized spacial score (nSPS) is 11.7. The van der Waals surface area contributed by atoms with Gasteiger partial charge in [0.05, 0.1) is 11.0 Å². The van der Waals surface area contributed by atoms with Gasteiger partial charge in [-0.1, -0.05) is 91.0 Å². The number of rotatable bonds is 4. The fourth-order valence-electron chi connectivity index (χ4n) is 6.70. The molecule has 0 atom stereocenters. The Bertz CT molecular complexity index is 2410. The summed E-state index contributed by atoms with van der Waals surface area (Å²) in [5.74, 6) is 0. The van der Waals surface area contributed by atoms with Gasteiger partial charge in [-0.15, -0.1) is 0 Å². The van der Waals surface area contributed by atoms with Crippen molar-refractivity contribution in [1.29, 1.82) is 0 Å². The molecule has 2 aromatic heterocycles. The third kappa shape index (κ3) is 3.62. The Labute approximate surface area is 248 Å². The number of benzene rings is 7. The molecule has 0 unspecified atom stereocenters. The molecule has 3 heteroatoms. The number of nitrogens with zero attached hydrogens (tertiary/aromatic N) is 2. The van der Waals surface area contributed by atoms with E-state index in [0.29, 0.717) is 0 Å². The summed E-state index contributed by atoms with van der Waals surface area (Å²) >= 11 is 0. The van der Waals surface area contributed by atoms with Gasteiger partial charge in [0, 0.05) is 49.7 Å². The Morgan fingerprint density at radius 2 is 1.09 bits per heavy atom. The number of hydrogen-bond acceptors (Lipinski definition) is 2. The summed E-state index contributed by atoms with van der Waals surface area (Å²) in [4.78, 5) is 2.31. The lowest BCUT2D eigenvalue weighted by atomic mass is 10.0. The molecule has 0 saturated heterocycles. The second-order valence-electron chi connectivity index (χ2n) is 11.0. The molecule has 202 valence electrons. The van der Waals surface area contributed by atoms with Gasteiger partial charge in [-0.25, -0.2) is 0 Å². The average Bonchev–Trinajstić information content (AvgIpc) is 3.62. The Kier molecular flexibility index (Phi) is 5.20. The third-order valence-electron chi connectivity index (χ3n) is 8.54. The van der Waals surface area contributed by atoms with Gasteiger partial charge in [-0.3, -0.25) is 0 Å². The molecule has 43 heavy (non-hydrogen) atoms. The van der Waals surface area contributed by atoms with E-state index in [-0.39, 0.29) is 0 Å². The Hall–Kier alpha value is -5.80. The molecule has 0 N–H and O–H groups in total. The molecule has 9 rings (SSSR count). The van der Waals surface area contributed by atoms with Crippen LogP contribution in [0.2, 0.25) is 0 Å². The van der Waals surface area contributed by atoms with Gasteiger partial charge in [0.15, 0.2) is 0 Å². The second-order valence-corrected chi connectivity index (χ2v) is 11.0. The van der Waals surface area contributed by atoms with E-state index in [1.807, 2.05) is 6.07 Å². The van der Waals surface area contributed by atoms with Crippen LogP contribution in [0.3, 0.4) is 0 Å². The summed E-state index contributed by atoms with van der Waals surface area (Å²) in [6.45, 7) is 0. The number of fused-ring (bicyclic) bond motifs is 9. The zero-order valence-corrected chi connectivity index (χ0v) is 23.3. The summed E-state index contributed by atoms with van der Waals surface area (Å²) in [6, 6.07) is 55.9. The molecule has 0 saturated carbocycles. The van der Waals surface area contributed by atoms with Gasteiger partial charge in [0.2, 0.25) is 0 Å². The van der Waals surface area contributed by atoms with Crippen molar-refractivity contribution in [2.75, 3.05) is 4.90 Å². The van der Waals surface area contributed by atoms with E-state index < -0.39 is 0 Å². The minimum Gasteiger partial charge on any atom is -0.455 e. The van der Waals surface area contributed by atoms with E-state index in [2.05, 4.69) is 161 Å². The lowest BCUT2D eigenvalue weighted by Gasteiger charge is -2.26. The smallest absolute Gasteiger partial charge is 0.143 e. The highest BCUT2D eigenvalue weighted by atomic mass is 16.3. The highest BCUT2D eigenvalue weighted by Crippen LogP contribution is 2.43. The molecule has 3 nitrogen and oxygen atoms in total. The van der Waals surface area contributed by atoms with Gasteiger partial charge >= 0.3 is 0 Å². The first-order valence-corrected chi connectivity index (χ1v) is 14.6. The highest BCUT2D eigenvalue weighted by Gasteiger charge is 2.20. The first-order valence-electron chi connectivity index (χ1n) is 14.6. The lowest BCUT2D eigenvalue weighted by Crippen LogP contribution is -2.10. The van der Waals surface area contributed by atoms with E-state index in [0.717, 1.165) is 55.6 Å². The van der Waals surface area contributed by atoms with Crippen molar-refractivity contribution in [1.82, 2.24) is 4.57 Å². The molecule has 0 radical (unpaired) electrons. The van der Waals surface area contributed by atoms with Gasteiger partial charge in [0.1, 0.15) is 11.2 Å². The van der Waals surface area contributed by atoms with Crippen LogP contribution in [0.25, 0.3) is 60.2 Å². The number of furan rings is 1. The zero-order chi connectivity index (χ0) is 28.3. The predicted octanol–water partition coefficient (Wildman–Crippen LogP) is 11.3. The van der Waals surface area contributed by atoms with Crippen LogP contribution in [0.4, 0.5) is 17.1 Å². The van der Waals surface area contributed by atoms with Gasteiger partial charge in [0.25, 0.3) is 0 Å². The average molecular weight is 551 g/mol. The van der Waals surface area contributed by atoms with Crippen molar-refractivity contribution in [3.05, 3.63) is 158 Å². The number of anilines is 3. The van der Waals surface area contributed by atoms with Gasteiger partial charge in [-0.05, 0) is 72.1 Å². The van der Waals surface area contributed by atoms with E-state index in [1.165, 1.54) is 21.7 Å². The minimum absolute atomic E-state index is 0.917. The lowest BCUT2D eigenvalue weighted by molar-refractivity contribution is 0.673. The fraction of sp³-hybridized carbons (Fsp3) is 0. The maximum Gasteiger partial charge on any atom is 0.143 e. The molecule has 0 aliphatic rings. The van der Waals surface area contributed by atoms with E-state index in [4.69, 9.17) is 4.42 Å². The topological polar surface area (TPSA) is 21.3 Å².